The number of hydrogen-bond donors (Lipinski definition) is 0. The van der Waals surface area contributed by atoms with Crippen molar-refractivity contribution in [2.75, 3.05) is 33.5 Å². The first kappa shape index (κ1) is 27.1. The first-order valence-corrected chi connectivity index (χ1v) is 14.5. The summed E-state index contributed by atoms with van der Waals surface area (Å²) in [6.07, 6.45) is 7.09. The van der Waals surface area contributed by atoms with Crippen molar-refractivity contribution in [3.8, 4) is 0 Å². The number of carbonyl (C=O) groups is 2. The van der Waals surface area contributed by atoms with Crippen LogP contribution in [-0.4, -0.2) is 50.5 Å². The second-order valence-corrected chi connectivity index (χ2v) is 14.7. The molecule has 1 aliphatic heterocycles. The van der Waals surface area contributed by atoms with Gasteiger partial charge in [-0.2, -0.15) is 0 Å². The Morgan fingerprint density at radius 3 is 2.28 bits per heavy atom. The highest BCUT2D eigenvalue weighted by molar-refractivity contribution is 8.68. The zero-order valence-corrected chi connectivity index (χ0v) is 21.0. The van der Waals surface area contributed by atoms with Crippen LogP contribution in [0.5, 0.6) is 0 Å². The van der Waals surface area contributed by atoms with Crippen molar-refractivity contribution >= 4 is 40.6 Å². The van der Waals surface area contributed by atoms with Gasteiger partial charge in [0.1, 0.15) is 5.78 Å². The largest absolute Gasteiger partial charge is 0.466 e. The maximum absolute atomic E-state index is 11.7. The summed E-state index contributed by atoms with van der Waals surface area (Å²) >= 11 is 6.56. The van der Waals surface area contributed by atoms with E-state index in [9.17, 15) is 9.59 Å². The van der Waals surface area contributed by atoms with Gasteiger partial charge in [0.05, 0.1) is 31.5 Å². The van der Waals surface area contributed by atoms with E-state index in [1.165, 1.54) is 39.0 Å². The summed E-state index contributed by atoms with van der Waals surface area (Å²) in [5, 5.41) is -0.568. The van der Waals surface area contributed by atoms with E-state index in [1.807, 2.05) is 13.8 Å². The van der Waals surface area contributed by atoms with Gasteiger partial charge >= 0.3 is 5.97 Å². The van der Waals surface area contributed by atoms with E-state index in [-0.39, 0.29) is 17.6 Å². The van der Waals surface area contributed by atoms with Crippen molar-refractivity contribution in [3.63, 3.8) is 0 Å². The van der Waals surface area contributed by atoms with Crippen LogP contribution in [0, 0.1) is 11.3 Å². The van der Waals surface area contributed by atoms with Gasteiger partial charge in [0.25, 0.3) is 0 Å². The van der Waals surface area contributed by atoms with Gasteiger partial charge in [-0.1, -0.05) is 44.5 Å². The Morgan fingerprint density at radius 2 is 1.79 bits per heavy atom. The number of Topliss-reactive ketones (excluding diaryl/α,β-unsaturated/α-hetero) is 1. The molecule has 1 saturated carbocycles. The normalized spacial score (nSPS) is 22.1. The maximum Gasteiger partial charge on any atom is 0.307 e. The number of ketones is 1. The summed E-state index contributed by atoms with van der Waals surface area (Å²) < 4.78 is 21.3. The second kappa shape index (κ2) is 13.4. The van der Waals surface area contributed by atoms with Crippen LogP contribution < -0.4 is 0 Å². The number of methoxy groups -OCH3 is 1. The Morgan fingerprint density at radius 1 is 1.21 bits per heavy atom. The fourth-order valence-electron chi connectivity index (χ4n) is 3.02. The Hall–Kier alpha value is 0.0200. The maximum atomic E-state index is 11.7. The molecule has 29 heavy (non-hydrogen) atoms. The van der Waals surface area contributed by atoms with Gasteiger partial charge in [0, 0.05) is 19.1 Å². The third-order valence-corrected chi connectivity index (χ3v) is 10.2. The molecule has 2 rings (SSSR count). The minimum Gasteiger partial charge on any atom is -0.466 e. The lowest BCUT2D eigenvalue weighted by molar-refractivity contribution is -0.143. The van der Waals surface area contributed by atoms with E-state index >= 15 is 0 Å². The second-order valence-electron chi connectivity index (χ2n) is 8.33. The van der Waals surface area contributed by atoms with Gasteiger partial charge in [-0.05, 0) is 44.4 Å². The zero-order valence-electron chi connectivity index (χ0n) is 18.4. The minimum atomic E-state index is -2.56. The molecule has 1 saturated heterocycles. The first-order valence-electron chi connectivity index (χ1n) is 10.3. The van der Waals surface area contributed by atoms with Crippen LogP contribution in [0.4, 0.5) is 0 Å². The molecule has 2 fully saturated rings. The molecule has 170 valence electrons. The molecule has 0 aromatic carbocycles. The van der Waals surface area contributed by atoms with Crippen molar-refractivity contribution in [3.05, 3.63) is 0 Å². The van der Waals surface area contributed by atoms with Crippen molar-refractivity contribution in [1.82, 2.24) is 0 Å². The average Bonchev–Trinajstić information content (AvgIpc) is 2.66. The van der Waals surface area contributed by atoms with Gasteiger partial charge in [0.15, 0.2) is 0 Å². The summed E-state index contributed by atoms with van der Waals surface area (Å²) in [6, 6.07) is 0. The zero-order chi connectivity index (χ0) is 21.9. The van der Waals surface area contributed by atoms with Crippen molar-refractivity contribution < 1.29 is 28.1 Å². The molecule has 0 aromatic heterocycles. The molecular formula is C20H37O6PS2. The van der Waals surface area contributed by atoms with Crippen LogP contribution >= 0.6 is 17.1 Å². The standard InChI is InChI=1S/C12H21O5PS2.C8H16O/c1-5-15-11(14)6-10(9(2)13)20-18(19)16-7-12(3,4)8-17-18;1-9-7-8-5-3-2-4-6-8/h10H,5-8H2,1-4H3;8H,2-7H2,1H3. The molecule has 0 radical (unpaired) electrons. The molecular weight excluding hydrogens is 431 g/mol. The van der Waals surface area contributed by atoms with Gasteiger partial charge in [0.2, 0.25) is 5.69 Å². The Balaban J connectivity index is 0.000000387. The lowest BCUT2D eigenvalue weighted by Gasteiger charge is -2.36. The van der Waals surface area contributed by atoms with E-state index in [4.69, 9.17) is 30.3 Å². The highest BCUT2D eigenvalue weighted by Crippen LogP contribution is 2.66. The van der Waals surface area contributed by atoms with Crippen molar-refractivity contribution in [1.29, 1.82) is 0 Å². The lowest BCUT2D eigenvalue weighted by atomic mass is 9.90. The van der Waals surface area contributed by atoms with Gasteiger partial charge in [-0.25, -0.2) is 0 Å². The molecule has 1 unspecified atom stereocenters. The Bertz CT molecular complexity index is 546. The molecule has 0 spiro atoms. The van der Waals surface area contributed by atoms with E-state index in [0.717, 1.165) is 23.9 Å². The fraction of sp³-hybridized carbons (Fsp3) is 0.900. The average molecular weight is 469 g/mol. The number of hydrogen-bond acceptors (Lipinski definition) is 8. The lowest BCUT2D eigenvalue weighted by Crippen LogP contribution is -2.29. The van der Waals surface area contributed by atoms with Crippen molar-refractivity contribution in [2.45, 2.75) is 71.5 Å². The van der Waals surface area contributed by atoms with Crippen LogP contribution in [-0.2, 0) is 39.9 Å². The van der Waals surface area contributed by atoms with Crippen molar-refractivity contribution in [2.24, 2.45) is 11.3 Å². The molecule has 0 N–H and O–H groups in total. The highest BCUT2D eigenvalue weighted by Gasteiger charge is 2.37. The van der Waals surface area contributed by atoms with Crippen LogP contribution in [0.2, 0.25) is 0 Å². The summed E-state index contributed by atoms with van der Waals surface area (Å²) in [4.78, 5) is 23.2. The Kier molecular flexibility index (Phi) is 12.5. The Labute approximate surface area is 185 Å². The highest BCUT2D eigenvalue weighted by atomic mass is 32.9. The smallest absolute Gasteiger partial charge is 0.307 e. The molecule has 0 amide bonds. The van der Waals surface area contributed by atoms with Crippen LogP contribution in [0.15, 0.2) is 0 Å². The van der Waals surface area contributed by atoms with E-state index < -0.39 is 16.9 Å². The SMILES string of the molecule is CCOC(=O)CC(SP1(=S)OCC(C)(C)CO1)C(C)=O.COCC1CCCCC1. The molecule has 6 nitrogen and oxygen atoms in total. The monoisotopic (exact) mass is 468 g/mol. The molecule has 9 heteroatoms. The van der Waals surface area contributed by atoms with E-state index in [1.54, 1.807) is 14.0 Å². The number of ether oxygens (including phenoxy) is 2. The summed E-state index contributed by atoms with van der Waals surface area (Å²) in [5.41, 5.74) is -2.63. The summed E-state index contributed by atoms with van der Waals surface area (Å²) in [5.74, 6) is 0.354. The topological polar surface area (TPSA) is 71.1 Å². The van der Waals surface area contributed by atoms with E-state index in [0.29, 0.717) is 19.8 Å². The predicted octanol–water partition coefficient (Wildman–Crippen LogP) is 5.14. The van der Waals surface area contributed by atoms with E-state index in [2.05, 4.69) is 0 Å². The van der Waals surface area contributed by atoms with Crippen LogP contribution in [0.25, 0.3) is 0 Å². The molecule has 0 aromatic rings. The number of carbonyl (C=O) groups excluding carboxylic acids is 2. The quantitative estimate of drug-likeness (QED) is 0.358. The van der Waals surface area contributed by atoms with Gasteiger partial charge in [-0.3, -0.25) is 9.59 Å². The third-order valence-electron chi connectivity index (χ3n) is 4.72. The third kappa shape index (κ3) is 11.3. The first-order chi connectivity index (χ1) is 13.6. The molecule has 1 heterocycles. The van der Waals surface area contributed by atoms with Crippen LogP contribution in [0.1, 0.15) is 66.2 Å². The van der Waals surface area contributed by atoms with Gasteiger partial charge in [-0.15, -0.1) is 0 Å². The molecule has 1 aliphatic carbocycles. The number of rotatable bonds is 8. The molecule has 1 atom stereocenters. The minimum absolute atomic E-state index is 0.00232. The van der Waals surface area contributed by atoms with Crippen LogP contribution in [0.3, 0.4) is 0 Å². The van der Waals surface area contributed by atoms with Gasteiger partial charge < -0.3 is 18.5 Å². The number of esters is 1. The predicted molar refractivity (Wildman–Crippen MR) is 122 cm³/mol. The summed E-state index contributed by atoms with van der Waals surface area (Å²) in [7, 11) is 1.80. The molecule has 2 aliphatic rings. The summed E-state index contributed by atoms with van der Waals surface area (Å²) in [6.45, 7) is 9.50. The molecule has 0 bridgehead atoms. The fourth-order valence-corrected chi connectivity index (χ4v) is 8.44.